The number of halogens is 2. The molecule has 164 valence electrons. The highest BCUT2D eigenvalue weighted by molar-refractivity contribution is 5.85. The zero-order valence-electron chi connectivity index (χ0n) is 17.1. The molecule has 0 unspecified atom stereocenters. The molecule has 0 saturated heterocycles. The molecular formula is C20H22F2N6O3. The highest BCUT2D eigenvalue weighted by Crippen LogP contribution is 2.42. The number of primary amides is 1. The lowest BCUT2D eigenvalue weighted by Gasteiger charge is -2.13. The minimum atomic E-state index is -3.21. The summed E-state index contributed by atoms with van der Waals surface area (Å²) >= 11 is 0. The SMILES string of the molecule is COCCOc1cc(C(C)(F)F)nc(-n2nc(C3CC3)c3cnc(CC(N)=O)cc32)n1. The first-order valence-electron chi connectivity index (χ1n) is 9.81. The van der Waals surface area contributed by atoms with Crippen LogP contribution in [0.4, 0.5) is 8.78 Å². The number of amides is 1. The number of methoxy groups -OCH3 is 1. The third kappa shape index (κ3) is 4.61. The Morgan fingerprint density at radius 2 is 2.06 bits per heavy atom. The second-order valence-corrected chi connectivity index (χ2v) is 7.53. The Morgan fingerprint density at radius 3 is 2.71 bits per heavy atom. The summed E-state index contributed by atoms with van der Waals surface area (Å²) in [6, 6.07) is 2.76. The second kappa shape index (κ2) is 8.14. The van der Waals surface area contributed by atoms with E-state index in [9.17, 15) is 13.6 Å². The maximum atomic E-state index is 14.1. The van der Waals surface area contributed by atoms with Crippen molar-refractivity contribution in [1.29, 1.82) is 0 Å². The summed E-state index contributed by atoms with van der Waals surface area (Å²) in [5.41, 5.74) is 6.60. The maximum absolute atomic E-state index is 14.1. The molecule has 1 saturated carbocycles. The van der Waals surface area contributed by atoms with Crippen molar-refractivity contribution < 1.29 is 23.0 Å². The quantitative estimate of drug-likeness (QED) is 0.515. The van der Waals surface area contributed by atoms with Gasteiger partial charge in [-0.2, -0.15) is 23.5 Å². The Bertz CT molecular complexity index is 1120. The standard InChI is InChI=1S/C20H22F2N6O3/c1-20(21,22)15-9-17(31-6-5-30-2)26-19(25-15)28-14-7-12(8-16(23)29)24-10-13(14)18(27-28)11-3-4-11/h7,9-11H,3-6,8H2,1-2H3,(H2,23,29). The predicted octanol–water partition coefficient (Wildman–Crippen LogP) is 2.25. The Kier molecular flexibility index (Phi) is 5.52. The summed E-state index contributed by atoms with van der Waals surface area (Å²) in [6.45, 7) is 1.17. The van der Waals surface area contributed by atoms with Gasteiger partial charge in [0.1, 0.15) is 12.3 Å². The average molecular weight is 432 g/mol. The first-order valence-corrected chi connectivity index (χ1v) is 9.81. The fourth-order valence-corrected chi connectivity index (χ4v) is 3.20. The minimum Gasteiger partial charge on any atom is -0.475 e. The molecule has 11 heteroatoms. The van der Waals surface area contributed by atoms with Gasteiger partial charge in [0.25, 0.3) is 11.9 Å². The molecule has 1 amide bonds. The summed E-state index contributed by atoms with van der Waals surface area (Å²) in [7, 11) is 1.51. The molecule has 3 aromatic rings. The zero-order chi connectivity index (χ0) is 22.2. The van der Waals surface area contributed by atoms with Crippen LogP contribution >= 0.6 is 0 Å². The van der Waals surface area contributed by atoms with Gasteiger partial charge in [-0.25, -0.2) is 4.98 Å². The van der Waals surface area contributed by atoms with Gasteiger partial charge in [-0.15, -0.1) is 0 Å². The van der Waals surface area contributed by atoms with Gasteiger partial charge in [0.2, 0.25) is 11.8 Å². The molecule has 0 aromatic carbocycles. The molecule has 4 rings (SSSR count). The Morgan fingerprint density at radius 1 is 1.29 bits per heavy atom. The lowest BCUT2D eigenvalue weighted by atomic mass is 10.1. The van der Waals surface area contributed by atoms with Gasteiger partial charge < -0.3 is 15.2 Å². The summed E-state index contributed by atoms with van der Waals surface area (Å²) < 4.78 is 40.1. The number of nitrogens with zero attached hydrogens (tertiary/aromatic N) is 5. The van der Waals surface area contributed by atoms with Crippen LogP contribution in [-0.4, -0.2) is 51.0 Å². The largest absolute Gasteiger partial charge is 0.475 e. The van der Waals surface area contributed by atoms with Crippen molar-refractivity contribution in [3.8, 4) is 11.8 Å². The average Bonchev–Trinajstić information content (AvgIpc) is 3.47. The van der Waals surface area contributed by atoms with E-state index in [1.54, 1.807) is 12.3 Å². The number of carbonyl (C=O) groups is 1. The highest BCUT2D eigenvalue weighted by Gasteiger charge is 2.32. The molecule has 1 aliphatic carbocycles. The van der Waals surface area contributed by atoms with E-state index in [0.29, 0.717) is 11.2 Å². The fraction of sp³-hybridized carbons (Fsp3) is 0.450. The molecule has 3 heterocycles. The molecule has 3 aromatic heterocycles. The van der Waals surface area contributed by atoms with Crippen LogP contribution in [-0.2, 0) is 21.9 Å². The number of ether oxygens (including phenoxy) is 2. The number of hydrogen-bond donors (Lipinski definition) is 1. The number of aromatic nitrogens is 5. The van der Waals surface area contributed by atoms with E-state index >= 15 is 0 Å². The van der Waals surface area contributed by atoms with E-state index in [1.165, 1.54) is 11.8 Å². The molecule has 0 atom stereocenters. The molecule has 0 spiro atoms. The Labute approximate surface area is 176 Å². The minimum absolute atomic E-state index is 0.0124. The second-order valence-electron chi connectivity index (χ2n) is 7.53. The lowest BCUT2D eigenvalue weighted by Crippen LogP contribution is -2.16. The molecule has 1 fully saturated rings. The Balaban J connectivity index is 1.86. The molecule has 9 nitrogen and oxygen atoms in total. The maximum Gasteiger partial charge on any atom is 0.287 e. The van der Waals surface area contributed by atoms with E-state index < -0.39 is 17.5 Å². The van der Waals surface area contributed by atoms with Crippen molar-refractivity contribution in [2.24, 2.45) is 5.73 Å². The molecule has 2 N–H and O–H groups in total. The number of carbonyl (C=O) groups excluding carboxylic acids is 1. The fourth-order valence-electron chi connectivity index (χ4n) is 3.20. The van der Waals surface area contributed by atoms with E-state index in [4.69, 9.17) is 15.2 Å². The summed E-state index contributed by atoms with van der Waals surface area (Å²) in [4.78, 5) is 24.0. The van der Waals surface area contributed by atoms with Gasteiger partial charge in [0.15, 0.2) is 0 Å². The van der Waals surface area contributed by atoms with Crippen LogP contribution in [0.25, 0.3) is 16.9 Å². The monoisotopic (exact) mass is 432 g/mol. The smallest absolute Gasteiger partial charge is 0.287 e. The van der Waals surface area contributed by atoms with Crippen LogP contribution in [0.5, 0.6) is 5.88 Å². The van der Waals surface area contributed by atoms with Crippen LogP contribution in [0, 0.1) is 0 Å². The number of pyridine rings is 1. The molecular weight excluding hydrogens is 410 g/mol. The number of fused-ring (bicyclic) bond motifs is 1. The lowest BCUT2D eigenvalue weighted by molar-refractivity contribution is -0.117. The number of rotatable bonds is 9. The molecule has 0 radical (unpaired) electrons. The van der Waals surface area contributed by atoms with E-state index in [1.807, 2.05) is 0 Å². The topological polar surface area (TPSA) is 118 Å². The molecule has 0 aliphatic heterocycles. The van der Waals surface area contributed by atoms with Crippen molar-refractivity contribution >= 4 is 16.8 Å². The summed E-state index contributed by atoms with van der Waals surface area (Å²) in [6.07, 6.45) is 3.53. The van der Waals surface area contributed by atoms with Crippen LogP contribution in [0.15, 0.2) is 18.3 Å². The molecule has 31 heavy (non-hydrogen) atoms. The predicted molar refractivity (Wildman–Crippen MR) is 106 cm³/mol. The van der Waals surface area contributed by atoms with Crippen molar-refractivity contribution in [2.75, 3.05) is 20.3 Å². The van der Waals surface area contributed by atoms with E-state index in [0.717, 1.165) is 36.9 Å². The number of hydrogen-bond acceptors (Lipinski definition) is 7. The van der Waals surface area contributed by atoms with Crippen LogP contribution in [0.3, 0.4) is 0 Å². The third-order valence-electron chi connectivity index (χ3n) is 4.84. The van der Waals surface area contributed by atoms with Gasteiger partial charge >= 0.3 is 0 Å². The van der Waals surface area contributed by atoms with Crippen LogP contribution in [0.2, 0.25) is 0 Å². The van der Waals surface area contributed by atoms with Crippen LogP contribution in [0.1, 0.15) is 42.8 Å². The number of alkyl halides is 2. The van der Waals surface area contributed by atoms with Crippen molar-refractivity contribution in [1.82, 2.24) is 24.7 Å². The highest BCUT2D eigenvalue weighted by atomic mass is 19.3. The van der Waals surface area contributed by atoms with Crippen LogP contribution < -0.4 is 10.5 Å². The van der Waals surface area contributed by atoms with E-state index in [-0.39, 0.29) is 37.4 Å². The van der Waals surface area contributed by atoms with Crippen molar-refractivity contribution in [3.05, 3.63) is 35.4 Å². The first-order chi connectivity index (χ1) is 14.8. The van der Waals surface area contributed by atoms with Crippen molar-refractivity contribution in [2.45, 2.75) is 38.0 Å². The van der Waals surface area contributed by atoms with Crippen molar-refractivity contribution in [3.63, 3.8) is 0 Å². The van der Waals surface area contributed by atoms with Gasteiger partial charge in [-0.3, -0.25) is 9.78 Å². The normalized spacial score (nSPS) is 14.2. The van der Waals surface area contributed by atoms with Gasteiger partial charge in [-0.1, -0.05) is 0 Å². The summed E-state index contributed by atoms with van der Waals surface area (Å²) in [5, 5.41) is 5.37. The third-order valence-corrected chi connectivity index (χ3v) is 4.84. The van der Waals surface area contributed by atoms with Gasteiger partial charge in [0.05, 0.1) is 29.9 Å². The van der Waals surface area contributed by atoms with E-state index in [2.05, 4.69) is 20.1 Å². The molecule has 0 bridgehead atoms. The zero-order valence-corrected chi connectivity index (χ0v) is 17.1. The van der Waals surface area contributed by atoms with Gasteiger partial charge in [0, 0.05) is 37.6 Å². The Hall–Kier alpha value is -3.21. The summed E-state index contributed by atoms with van der Waals surface area (Å²) in [5.74, 6) is -3.54. The first kappa shape index (κ1) is 21.0. The number of nitrogens with two attached hydrogens (primary N) is 1. The van der Waals surface area contributed by atoms with Gasteiger partial charge in [-0.05, 0) is 18.9 Å². The molecule has 1 aliphatic rings.